The quantitative estimate of drug-likeness (QED) is 0.695. The van der Waals surface area contributed by atoms with Crippen LogP contribution in [-0.2, 0) is 11.2 Å². The fourth-order valence-corrected chi connectivity index (χ4v) is 2.42. The van der Waals surface area contributed by atoms with E-state index in [4.69, 9.17) is 9.26 Å². The van der Waals surface area contributed by atoms with Crippen molar-refractivity contribution in [2.45, 2.75) is 25.2 Å². The van der Waals surface area contributed by atoms with Crippen LogP contribution in [0.4, 0.5) is 0 Å². The number of para-hydroxylation sites is 1. The Morgan fingerprint density at radius 3 is 2.78 bits per heavy atom. The van der Waals surface area contributed by atoms with Gasteiger partial charge in [0.15, 0.2) is 5.82 Å². The van der Waals surface area contributed by atoms with E-state index in [2.05, 4.69) is 20.2 Å². The molecular weight excluding hydrogens is 294 g/mol. The molecule has 118 valence electrons. The summed E-state index contributed by atoms with van der Waals surface area (Å²) in [6.07, 6.45) is 2.90. The van der Waals surface area contributed by atoms with Crippen molar-refractivity contribution < 1.29 is 9.26 Å². The summed E-state index contributed by atoms with van der Waals surface area (Å²) in [6.45, 7) is 0.554. The molecule has 1 aliphatic carbocycles. The van der Waals surface area contributed by atoms with Gasteiger partial charge >= 0.3 is 0 Å². The number of ether oxygens (including phenoxy) is 1. The molecule has 1 aromatic carbocycles. The lowest BCUT2D eigenvalue weighted by atomic mass is 10.3. The summed E-state index contributed by atoms with van der Waals surface area (Å²) in [5, 5.41) is 8.53. The van der Waals surface area contributed by atoms with Crippen molar-refractivity contribution in [3.63, 3.8) is 0 Å². The van der Waals surface area contributed by atoms with Gasteiger partial charge in [0.05, 0.1) is 12.3 Å². The third-order valence-corrected chi connectivity index (χ3v) is 3.76. The molecule has 7 heteroatoms. The molecule has 23 heavy (non-hydrogen) atoms. The minimum Gasteiger partial charge on any atom is -0.384 e. The molecule has 0 saturated heterocycles. The Balaban J connectivity index is 1.68. The van der Waals surface area contributed by atoms with E-state index in [-0.39, 0.29) is 0 Å². The monoisotopic (exact) mass is 311 g/mol. The van der Waals surface area contributed by atoms with E-state index in [1.807, 2.05) is 35.0 Å². The third kappa shape index (κ3) is 2.87. The SMILES string of the molecule is COCCc1noc(-c2nc(C3CC3)n(-c3ccccc3)n2)n1. The zero-order chi connectivity index (χ0) is 15.6. The molecule has 2 aromatic heterocycles. The van der Waals surface area contributed by atoms with Gasteiger partial charge in [-0.2, -0.15) is 4.98 Å². The van der Waals surface area contributed by atoms with Gasteiger partial charge in [-0.25, -0.2) is 9.67 Å². The summed E-state index contributed by atoms with van der Waals surface area (Å²) >= 11 is 0. The zero-order valence-corrected chi connectivity index (χ0v) is 12.8. The summed E-state index contributed by atoms with van der Waals surface area (Å²) in [7, 11) is 1.64. The highest BCUT2D eigenvalue weighted by Gasteiger charge is 2.31. The van der Waals surface area contributed by atoms with Gasteiger partial charge in [0.1, 0.15) is 5.82 Å². The third-order valence-electron chi connectivity index (χ3n) is 3.76. The second kappa shape index (κ2) is 5.92. The predicted molar refractivity (Wildman–Crippen MR) is 82.2 cm³/mol. The van der Waals surface area contributed by atoms with E-state index in [9.17, 15) is 0 Å². The molecule has 0 atom stereocenters. The Hall–Kier alpha value is -2.54. The molecule has 3 aromatic rings. The van der Waals surface area contributed by atoms with Gasteiger partial charge in [-0.1, -0.05) is 23.4 Å². The van der Waals surface area contributed by atoms with Gasteiger partial charge in [0, 0.05) is 19.4 Å². The molecule has 0 spiro atoms. The van der Waals surface area contributed by atoms with Crippen LogP contribution >= 0.6 is 0 Å². The first kappa shape index (κ1) is 14.1. The highest BCUT2D eigenvalue weighted by Crippen LogP contribution is 2.40. The first-order valence-corrected chi connectivity index (χ1v) is 7.69. The Labute approximate surface area is 133 Å². The first-order chi connectivity index (χ1) is 11.3. The standard InChI is InChI=1S/C16H17N5O2/c1-22-10-9-13-17-16(23-20-13)14-18-15(11-7-8-11)21(19-14)12-5-3-2-4-6-12/h2-6,11H,7-10H2,1H3. The summed E-state index contributed by atoms with van der Waals surface area (Å²) < 4.78 is 12.2. The fraction of sp³-hybridized carbons (Fsp3) is 0.375. The maximum Gasteiger partial charge on any atom is 0.297 e. The Bertz CT molecular complexity index is 792. The van der Waals surface area contributed by atoms with Gasteiger partial charge in [-0.15, -0.1) is 5.10 Å². The van der Waals surface area contributed by atoms with Crippen LogP contribution in [0.2, 0.25) is 0 Å². The second-order valence-corrected chi connectivity index (χ2v) is 5.57. The van der Waals surface area contributed by atoms with Crippen molar-refractivity contribution in [2.75, 3.05) is 13.7 Å². The topological polar surface area (TPSA) is 78.9 Å². The van der Waals surface area contributed by atoms with E-state index in [0.717, 1.165) is 24.4 Å². The average molecular weight is 311 g/mol. The molecule has 0 N–H and O–H groups in total. The van der Waals surface area contributed by atoms with Crippen LogP contribution < -0.4 is 0 Å². The molecule has 0 unspecified atom stereocenters. The number of nitrogens with zero attached hydrogens (tertiary/aromatic N) is 5. The van der Waals surface area contributed by atoms with Crippen molar-refractivity contribution in [3.8, 4) is 17.4 Å². The van der Waals surface area contributed by atoms with E-state index < -0.39 is 0 Å². The molecular formula is C16H17N5O2. The van der Waals surface area contributed by atoms with Crippen molar-refractivity contribution in [2.24, 2.45) is 0 Å². The lowest BCUT2D eigenvalue weighted by molar-refractivity contribution is 0.199. The first-order valence-electron chi connectivity index (χ1n) is 7.69. The van der Waals surface area contributed by atoms with Crippen molar-refractivity contribution >= 4 is 0 Å². The van der Waals surface area contributed by atoms with Crippen LogP contribution in [0.5, 0.6) is 0 Å². The minimum absolute atomic E-state index is 0.354. The van der Waals surface area contributed by atoms with Gasteiger partial charge in [-0.3, -0.25) is 0 Å². The molecule has 4 rings (SSSR count). The molecule has 0 radical (unpaired) electrons. The van der Waals surface area contributed by atoms with Crippen molar-refractivity contribution in [1.29, 1.82) is 0 Å². The van der Waals surface area contributed by atoms with Crippen LogP contribution in [0.25, 0.3) is 17.4 Å². The van der Waals surface area contributed by atoms with Crippen LogP contribution in [0, 0.1) is 0 Å². The average Bonchev–Trinajstić information content (AvgIpc) is 3.17. The summed E-state index contributed by atoms with van der Waals surface area (Å²) in [5.74, 6) is 2.86. The molecule has 1 fully saturated rings. The molecule has 7 nitrogen and oxygen atoms in total. The number of hydrogen-bond acceptors (Lipinski definition) is 6. The van der Waals surface area contributed by atoms with Crippen LogP contribution in [-0.4, -0.2) is 38.6 Å². The minimum atomic E-state index is 0.354. The molecule has 1 aliphatic rings. The normalized spacial score (nSPS) is 14.3. The van der Waals surface area contributed by atoms with Crippen molar-refractivity contribution in [1.82, 2.24) is 24.9 Å². The lowest BCUT2D eigenvalue weighted by Crippen LogP contribution is -2.01. The summed E-state index contributed by atoms with van der Waals surface area (Å²) in [4.78, 5) is 8.99. The molecule has 0 aliphatic heterocycles. The number of hydrogen-bond donors (Lipinski definition) is 0. The zero-order valence-electron chi connectivity index (χ0n) is 12.8. The fourth-order valence-electron chi connectivity index (χ4n) is 2.42. The molecule has 0 amide bonds. The largest absolute Gasteiger partial charge is 0.384 e. The maximum absolute atomic E-state index is 5.30. The van der Waals surface area contributed by atoms with Gasteiger partial charge in [-0.05, 0) is 25.0 Å². The van der Waals surface area contributed by atoms with Crippen LogP contribution in [0.3, 0.4) is 0 Å². The molecule has 0 bridgehead atoms. The number of rotatable bonds is 6. The Morgan fingerprint density at radius 1 is 1.22 bits per heavy atom. The number of aromatic nitrogens is 5. The summed E-state index contributed by atoms with van der Waals surface area (Å²) in [6, 6.07) is 9.99. The lowest BCUT2D eigenvalue weighted by Gasteiger charge is -2.03. The van der Waals surface area contributed by atoms with Gasteiger partial charge in [0.2, 0.25) is 5.82 Å². The van der Waals surface area contributed by atoms with E-state index in [1.54, 1.807) is 7.11 Å². The highest BCUT2D eigenvalue weighted by atomic mass is 16.5. The smallest absolute Gasteiger partial charge is 0.297 e. The maximum atomic E-state index is 5.30. The number of benzene rings is 1. The molecule has 1 saturated carbocycles. The predicted octanol–water partition coefficient (Wildman–Crippen LogP) is 2.38. The van der Waals surface area contributed by atoms with Crippen molar-refractivity contribution in [3.05, 3.63) is 42.0 Å². The Kier molecular flexibility index (Phi) is 3.63. The van der Waals surface area contributed by atoms with E-state index >= 15 is 0 Å². The van der Waals surface area contributed by atoms with E-state index in [0.29, 0.717) is 36.5 Å². The second-order valence-electron chi connectivity index (χ2n) is 5.57. The molecule has 2 heterocycles. The highest BCUT2D eigenvalue weighted by molar-refractivity contribution is 5.42. The Morgan fingerprint density at radius 2 is 2.04 bits per heavy atom. The van der Waals surface area contributed by atoms with E-state index in [1.165, 1.54) is 0 Å². The van der Waals surface area contributed by atoms with Gasteiger partial charge in [0.25, 0.3) is 5.89 Å². The van der Waals surface area contributed by atoms with Crippen LogP contribution in [0.15, 0.2) is 34.9 Å². The van der Waals surface area contributed by atoms with Crippen LogP contribution in [0.1, 0.15) is 30.4 Å². The summed E-state index contributed by atoms with van der Waals surface area (Å²) in [5.41, 5.74) is 0.993. The number of methoxy groups -OCH3 is 1. The van der Waals surface area contributed by atoms with Gasteiger partial charge < -0.3 is 9.26 Å².